The molecule has 232 valence electrons. The number of rotatable bonds is 9. The van der Waals surface area contributed by atoms with Crippen molar-refractivity contribution in [1.82, 2.24) is 10.2 Å². The fourth-order valence-electron chi connectivity index (χ4n) is 4.09. The van der Waals surface area contributed by atoms with Crippen molar-refractivity contribution < 1.29 is 31.2 Å². The van der Waals surface area contributed by atoms with Gasteiger partial charge in [0, 0.05) is 12.1 Å². The van der Waals surface area contributed by atoms with E-state index < -0.39 is 51.7 Å². The molecule has 3 aromatic rings. The molecule has 1 atom stereocenters. The first-order chi connectivity index (χ1) is 19.8. The van der Waals surface area contributed by atoms with Crippen LogP contribution in [0.15, 0.2) is 71.6 Å². The largest absolute Gasteiger partial charge is 0.416 e. The van der Waals surface area contributed by atoms with Crippen LogP contribution in [0.4, 0.5) is 18.9 Å². The van der Waals surface area contributed by atoms with Crippen LogP contribution in [-0.4, -0.2) is 43.3 Å². The highest BCUT2D eigenvalue weighted by Gasteiger charge is 2.35. The molecule has 0 saturated carbocycles. The van der Waals surface area contributed by atoms with Gasteiger partial charge in [-0.2, -0.15) is 13.2 Å². The lowest BCUT2D eigenvalue weighted by molar-refractivity contribution is -0.140. The van der Waals surface area contributed by atoms with Crippen molar-refractivity contribution in [2.75, 3.05) is 10.8 Å². The first-order valence-electron chi connectivity index (χ1n) is 13.1. The smallest absolute Gasteiger partial charge is 0.350 e. The zero-order valence-corrected chi connectivity index (χ0v) is 26.5. The molecular formula is C30H32Cl2F3N3O4S. The highest BCUT2D eigenvalue weighted by Crippen LogP contribution is 2.33. The maximum Gasteiger partial charge on any atom is 0.416 e. The summed E-state index contributed by atoms with van der Waals surface area (Å²) in [6.45, 7) is 7.42. The fourth-order valence-corrected chi connectivity index (χ4v) is 5.82. The summed E-state index contributed by atoms with van der Waals surface area (Å²) in [5, 5.41) is 3.26. The van der Waals surface area contributed by atoms with E-state index in [-0.39, 0.29) is 27.2 Å². The Hall–Kier alpha value is -3.28. The lowest BCUT2D eigenvalue weighted by atomic mass is 10.1. The molecule has 1 unspecified atom stereocenters. The minimum Gasteiger partial charge on any atom is -0.350 e. The average molecular weight is 659 g/mol. The molecule has 1 N–H and O–H groups in total. The van der Waals surface area contributed by atoms with Crippen LogP contribution < -0.4 is 9.62 Å². The van der Waals surface area contributed by atoms with E-state index in [0.717, 1.165) is 22.6 Å². The van der Waals surface area contributed by atoms with Crippen molar-refractivity contribution in [2.24, 2.45) is 0 Å². The minimum atomic E-state index is -4.77. The van der Waals surface area contributed by atoms with E-state index >= 15 is 0 Å². The van der Waals surface area contributed by atoms with E-state index in [1.807, 2.05) is 0 Å². The monoisotopic (exact) mass is 657 g/mol. The zero-order valence-electron chi connectivity index (χ0n) is 24.2. The van der Waals surface area contributed by atoms with Gasteiger partial charge in [-0.05, 0) is 82.6 Å². The van der Waals surface area contributed by atoms with Crippen molar-refractivity contribution in [1.29, 1.82) is 0 Å². The molecule has 0 fully saturated rings. The fraction of sp³-hybridized carbons (Fsp3) is 0.333. The summed E-state index contributed by atoms with van der Waals surface area (Å²) in [4.78, 5) is 28.1. The Morgan fingerprint density at radius 3 is 2.12 bits per heavy atom. The van der Waals surface area contributed by atoms with Gasteiger partial charge in [-0.1, -0.05) is 53.0 Å². The molecule has 3 rings (SSSR count). The first-order valence-corrected chi connectivity index (χ1v) is 15.3. The second-order valence-electron chi connectivity index (χ2n) is 11.1. The number of sulfonamides is 1. The minimum absolute atomic E-state index is 0.171. The topological polar surface area (TPSA) is 86.8 Å². The number of nitrogens with zero attached hydrogens (tertiary/aromatic N) is 2. The number of hydrogen-bond donors (Lipinski definition) is 1. The second-order valence-corrected chi connectivity index (χ2v) is 13.7. The van der Waals surface area contributed by atoms with Crippen molar-refractivity contribution in [3.05, 3.63) is 93.5 Å². The number of amides is 2. The molecule has 2 amide bonds. The van der Waals surface area contributed by atoms with Gasteiger partial charge in [0.25, 0.3) is 10.0 Å². The molecule has 0 aliphatic heterocycles. The van der Waals surface area contributed by atoms with Gasteiger partial charge in [0.1, 0.15) is 12.6 Å². The molecular weight excluding hydrogens is 626 g/mol. The van der Waals surface area contributed by atoms with Gasteiger partial charge in [-0.3, -0.25) is 13.9 Å². The molecule has 3 aromatic carbocycles. The maximum absolute atomic E-state index is 14.0. The number of nitrogens with one attached hydrogen (secondary N) is 1. The number of alkyl halides is 3. The lowest BCUT2D eigenvalue weighted by Gasteiger charge is -2.33. The van der Waals surface area contributed by atoms with Gasteiger partial charge in [0.2, 0.25) is 11.8 Å². The zero-order chi connectivity index (χ0) is 32.3. The number of aryl methyl sites for hydroxylation is 1. The molecule has 0 aromatic heterocycles. The Morgan fingerprint density at radius 2 is 1.56 bits per heavy atom. The normalized spacial score (nSPS) is 12.9. The van der Waals surface area contributed by atoms with Crippen molar-refractivity contribution in [3.63, 3.8) is 0 Å². The van der Waals surface area contributed by atoms with Crippen LogP contribution in [0.2, 0.25) is 10.0 Å². The number of carbonyl (C=O) groups excluding carboxylic acids is 2. The summed E-state index contributed by atoms with van der Waals surface area (Å²) in [5.41, 5.74) is -0.864. The summed E-state index contributed by atoms with van der Waals surface area (Å²) in [7, 11) is -4.54. The standard InChI is InChI=1S/C30H32Cl2F3N3O4S/c1-19-9-12-24(13-10-19)43(41,42)38(23-8-6-7-22(16-23)30(33,34)35)18-27(39)37(20(2)28(40)36-29(3,4)5)17-21-11-14-25(31)26(32)15-21/h6-16,20H,17-18H2,1-5H3,(H,36,40). The Morgan fingerprint density at radius 1 is 0.930 bits per heavy atom. The Balaban J connectivity index is 2.11. The molecule has 0 aliphatic rings. The highest BCUT2D eigenvalue weighted by atomic mass is 35.5. The highest BCUT2D eigenvalue weighted by molar-refractivity contribution is 7.92. The Labute approximate surface area is 259 Å². The van der Waals surface area contributed by atoms with Gasteiger partial charge in [-0.25, -0.2) is 8.42 Å². The van der Waals surface area contributed by atoms with Gasteiger partial charge < -0.3 is 10.2 Å². The van der Waals surface area contributed by atoms with Crippen LogP contribution in [0.5, 0.6) is 0 Å². The van der Waals surface area contributed by atoms with E-state index in [1.54, 1.807) is 33.8 Å². The number of carbonyl (C=O) groups is 2. The summed E-state index contributed by atoms with van der Waals surface area (Å²) in [6.07, 6.45) is -4.77. The van der Waals surface area contributed by atoms with Gasteiger partial charge in [-0.15, -0.1) is 0 Å². The van der Waals surface area contributed by atoms with Gasteiger partial charge >= 0.3 is 6.18 Å². The quantitative estimate of drug-likeness (QED) is 0.273. The average Bonchev–Trinajstić information content (AvgIpc) is 2.90. The molecule has 0 spiro atoms. The second kappa shape index (κ2) is 13.2. The molecule has 0 bridgehead atoms. The van der Waals surface area contributed by atoms with Crippen LogP contribution in [0.1, 0.15) is 44.4 Å². The van der Waals surface area contributed by atoms with Crippen LogP contribution in [0, 0.1) is 6.92 Å². The van der Waals surface area contributed by atoms with Crippen LogP contribution in [0.25, 0.3) is 0 Å². The lowest BCUT2D eigenvalue weighted by Crippen LogP contribution is -2.54. The Kier molecular flexibility index (Phi) is 10.5. The number of anilines is 1. The van der Waals surface area contributed by atoms with E-state index in [0.29, 0.717) is 15.9 Å². The number of halogens is 5. The third-order valence-electron chi connectivity index (χ3n) is 6.35. The summed E-state index contributed by atoms with van der Waals surface area (Å²) < 4.78 is 69.2. The number of hydrogen-bond acceptors (Lipinski definition) is 4. The SMILES string of the molecule is Cc1ccc(S(=O)(=O)N(CC(=O)N(Cc2ccc(Cl)c(Cl)c2)C(C)C(=O)NC(C)(C)C)c2cccc(C(F)(F)F)c2)cc1. The van der Waals surface area contributed by atoms with Crippen molar-refractivity contribution >= 4 is 50.7 Å². The van der Waals surface area contributed by atoms with E-state index in [9.17, 15) is 31.2 Å². The molecule has 0 aliphatic carbocycles. The molecule has 0 heterocycles. The van der Waals surface area contributed by atoms with Crippen LogP contribution in [-0.2, 0) is 32.3 Å². The van der Waals surface area contributed by atoms with E-state index in [2.05, 4.69) is 5.32 Å². The first kappa shape index (κ1) is 34.2. The Bertz CT molecular complexity index is 1590. The molecule has 0 radical (unpaired) electrons. The summed E-state index contributed by atoms with van der Waals surface area (Å²) in [6, 6.07) is 12.9. The summed E-state index contributed by atoms with van der Waals surface area (Å²) >= 11 is 12.2. The summed E-state index contributed by atoms with van der Waals surface area (Å²) in [5.74, 6) is -1.36. The molecule has 7 nitrogen and oxygen atoms in total. The van der Waals surface area contributed by atoms with Crippen LogP contribution in [0.3, 0.4) is 0 Å². The van der Waals surface area contributed by atoms with Gasteiger partial charge in [0.15, 0.2) is 0 Å². The predicted molar refractivity (Wildman–Crippen MR) is 162 cm³/mol. The van der Waals surface area contributed by atoms with Gasteiger partial charge in [0.05, 0.1) is 26.2 Å². The molecule has 43 heavy (non-hydrogen) atoms. The van der Waals surface area contributed by atoms with Crippen LogP contribution >= 0.6 is 23.2 Å². The van der Waals surface area contributed by atoms with Crippen molar-refractivity contribution in [2.45, 2.75) is 63.8 Å². The maximum atomic E-state index is 14.0. The third kappa shape index (κ3) is 8.87. The predicted octanol–water partition coefficient (Wildman–Crippen LogP) is 6.85. The van der Waals surface area contributed by atoms with E-state index in [1.165, 1.54) is 49.4 Å². The third-order valence-corrected chi connectivity index (χ3v) is 8.88. The molecule has 13 heteroatoms. The van der Waals surface area contributed by atoms with Crippen molar-refractivity contribution in [3.8, 4) is 0 Å². The number of benzene rings is 3. The molecule has 0 saturated heterocycles. The van der Waals surface area contributed by atoms with E-state index in [4.69, 9.17) is 23.2 Å².